The zero-order chi connectivity index (χ0) is 28.2. The van der Waals surface area contributed by atoms with Gasteiger partial charge in [-0.25, -0.2) is 18.3 Å². The molecule has 0 spiro atoms. The second kappa shape index (κ2) is 9.64. The van der Waals surface area contributed by atoms with Crippen LogP contribution in [0, 0.1) is 23.0 Å². The summed E-state index contributed by atoms with van der Waals surface area (Å²) in [5.41, 5.74) is 5.38. The van der Waals surface area contributed by atoms with Crippen molar-refractivity contribution in [1.29, 1.82) is 5.26 Å². The van der Waals surface area contributed by atoms with Crippen LogP contribution >= 0.6 is 0 Å². The molecule has 8 nitrogen and oxygen atoms in total. The lowest BCUT2D eigenvalue weighted by Crippen LogP contribution is -2.68. The van der Waals surface area contributed by atoms with Crippen molar-refractivity contribution in [2.75, 3.05) is 18.0 Å². The van der Waals surface area contributed by atoms with E-state index in [1.54, 1.807) is 21.6 Å². The summed E-state index contributed by atoms with van der Waals surface area (Å²) in [6.45, 7) is 5.32. The molecular weight excluding hydrogens is 522 g/mol. The Bertz CT molecular complexity index is 1810. The maximum atomic E-state index is 14.6. The fourth-order valence-corrected chi connectivity index (χ4v) is 6.09. The molecule has 1 aromatic carbocycles. The number of fused-ring (bicyclic) bond motifs is 3. The highest BCUT2D eigenvalue weighted by Crippen LogP contribution is 2.37. The van der Waals surface area contributed by atoms with Crippen molar-refractivity contribution in [3.63, 3.8) is 0 Å². The average molecular weight is 549 g/mol. The van der Waals surface area contributed by atoms with Crippen LogP contribution in [0.15, 0.2) is 67.9 Å². The smallest absolute Gasteiger partial charge is 0.131 e. The number of anilines is 1. The number of nitrogens with zero attached hydrogens (tertiary/aromatic N) is 8. The molecule has 2 unspecified atom stereocenters. The average Bonchev–Trinajstić information content (AvgIpc) is 3.62. The van der Waals surface area contributed by atoms with E-state index in [0.29, 0.717) is 11.1 Å². The van der Waals surface area contributed by atoms with Crippen LogP contribution in [0.5, 0.6) is 0 Å². The van der Waals surface area contributed by atoms with Gasteiger partial charge in [-0.1, -0.05) is 12.7 Å². The summed E-state index contributed by atoms with van der Waals surface area (Å²) in [7, 11) is 1.87. The minimum atomic E-state index is -0.529. The Hall–Kier alpha value is -4.88. The van der Waals surface area contributed by atoms with E-state index in [-0.39, 0.29) is 24.2 Å². The van der Waals surface area contributed by atoms with Crippen molar-refractivity contribution in [2.45, 2.75) is 25.0 Å². The Balaban J connectivity index is 1.13. The first kappa shape index (κ1) is 25.1. The van der Waals surface area contributed by atoms with Gasteiger partial charge in [0.25, 0.3) is 0 Å². The summed E-state index contributed by atoms with van der Waals surface area (Å²) in [6.07, 6.45) is 11.5. The van der Waals surface area contributed by atoms with Gasteiger partial charge in [-0.05, 0) is 42.3 Å². The molecule has 0 saturated carbocycles. The summed E-state index contributed by atoms with van der Waals surface area (Å²) in [5, 5.41) is 18.4. The van der Waals surface area contributed by atoms with Gasteiger partial charge in [-0.3, -0.25) is 9.58 Å². The molecule has 4 aromatic heterocycles. The second-order valence-corrected chi connectivity index (χ2v) is 10.7. The van der Waals surface area contributed by atoms with Gasteiger partial charge in [0, 0.05) is 85.2 Å². The number of aryl methyl sites for hydroxylation is 1. The van der Waals surface area contributed by atoms with Crippen LogP contribution in [-0.4, -0.2) is 54.5 Å². The zero-order valence-electron chi connectivity index (χ0n) is 22.4. The van der Waals surface area contributed by atoms with Crippen LogP contribution < -0.4 is 4.90 Å². The van der Waals surface area contributed by atoms with E-state index in [0.717, 1.165) is 53.1 Å². The first-order valence-corrected chi connectivity index (χ1v) is 13.4. The van der Waals surface area contributed by atoms with Crippen molar-refractivity contribution < 1.29 is 8.78 Å². The van der Waals surface area contributed by atoms with Gasteiger partial charge < -0.3 is 4.90 Å². The molecule has 3 saturated heterocycles. The Morgan fingerprint density at radius 2 is 1.78 bits per heavy atom. The number of benzene rings is 1. The zero-order valence-corrected chi connectivity index (χ0v) is 22.4. The molecular formula is C31H26F2N8. The molecule has 10 heteroatoms. The van der Waals surface area contributed by atoms with Crippen molar-refractivity contribution in [2.24, 2.45) is 7.05 Å². The van der Waals surface area contributed by atoms with Crippen LogP contribution in [0.25, 0.3) is 33.8 Å². The fraction of sp³-hybridized carbons (Fsp3) is 0.226. The number of piperazine rings is 1. The molecule has 2 atom stereocenters. The summed E-state index contributed by atoms with van der Waals surface area (Å²) >= 11 is 0. The van der Waals surface area contributed by atoms with Gasteiger partial charge in [0.2, 0.25) is 0 Å². The first-order valence-electron chi connectivity index (χ1n) is 13.4. The molecule has 8 rings (SSSR count). The Labute approximate surface area is 235 Å². The molecule has 0 amide bonds. The summed E-state index contributed by atoms with van der Waals surface area (Å²) in [4.78, 5) is 9.21. The van der Waals surface area contributed by atoms with Crippen LogP contribution in [0.1, 0.15) is 23.1 Å². The summed E-state index contributed by atoms with van der Waals surface area (Å²) in [6, 6.07) is 11.4. The number of hydrogen-bond donors (Lipinski definition) is 0. The number of piperidine rings is 1. The van der Waals surface area contributed by atoms with E-state index >= 15 is 0 Å². The van der Waals surface area contributed by atoms with E-state index in [1.165, 1.54) is 18.2 Å². The van der Waals surface area contributed by atoms with Gasteiger partial charge in [0.15, 0.2) is 0 Å². The third kappa shape index (κ3) is 4.26. The molecule has 0 radical (unpaired) electrons. The standard InChI is InChI=1S/C31H26F2N8/c1-3-19-6-28(32)27(29(33)7-19)18-40-24-9-25(40)17-39(16-24)30-5-4-20(11-35-30)26-8-21(23-13-36-38(2)14-23)15-41-31(26)22(10-34)12-37-41/h3-8,11-15,24-25H,1,9,16-18H2,2H3. The fourth-order valence-electron chi connectivity index (χ4n) is 6.09. The van der Waals surface area contributed by atoms with Crippen molar-refractivity contribution in [3.8, 4) is 28.3 Å². The third-order valence-corrected chi connectivity index (χ3v) is 8.24. The van der Waals surface area contributed by atoms with E-state index in [9.17, 15) is 14.0 Å². The van der Waals surface area contributed by atoms with E-state index < -0.39 is 11.6 Å². The summed E-state index contributed by atoms with van der Waals surface area (Å²) in [5.74, 6) is -0.207. The van der Waals surface area contributed by atoms with Gasteiger partial charge in [0.1, 0.15) is 23.5 Å². The van der Waals surface area contributed by atoms with Gasteiger partial charge in [-0.2, -0.15) is 15.5 Å². The lowest BCUT2D eigenvalue weighted by Gasteiger charge is -2.56. The third-order valence-electron chi connectivity index (χ3n) is 8.24. The highest BCUT2D eigenvalue weighted by Gasteiger charge is 2.45. The molecule has 3 aliphatic rings. The largest absolute Gasteiger partial charge is 0.353 e. The number of nitriles is 1. The number of halogens is 2. The van der Waals surface area contributed by atoms with E-state index in [4.69, 9.17) is 4.98 Å². The van der Waals surface area contributed by atoms with Crippen LogP contribution in [0.4, 0.5) is 14.6 Å². The predicted octanol–water partition coefficient (Wildman–Crippen LogP) is 5.05. The molecule has 3 fully saturated rings. The van der Waals surface area contributed by atoms with Gasteiger partial charge >= 0.3 is 0 Å². The second-order valence-electron chi connectivity index (χ2n) is 10.7. The highest BCUT2D eigenvalue weighted by atomic mass is 19.1. The molecule has 0 N–H and O–H groups in total. The Morgan fingerprint density at radius 1 is 1.00 bits per heavy atom. The molecule has 3 aliphatic heterocycles. The Morgan fingerprint density at radius 3 is 2.41 bits per heavy atom. The van der Waals surface area contributed by atoms with Crippen LogP contribution in [-0.2, 0) is 13.6 Å². The number of aromatic nitrogens is 5. The normalized spacial score (nSPS) is 18.3. The highest BCUT2D eigenvalue weighted by molar-refractivity contribution is 5.87. The quantitative estimate of drug-likeness (QED) is 0.296. The molecule has 204 valence electrons. The van der Waals surface area contributed by atoms with Crippen molar-refractivity contribution >= 4 is 17.4 Å². The minimum Gasteiger partial charge on any atom is -0.353 e. The van der Waals surface area contributed by atoms with E-state index in [2.05, 4.69) is 32.6 Å². The van der Waals surface area contributed by atoms with Gasteiger partial charge in [-0.15, -0.1) is 0 Å². The predicted molar refractivity (Wildman–Crippen MR) is 152 cm³/mol. The lowest BCUT2D eigenvalue weighted by atomic mass is 9.86. The Kier molecular flexibility index (Phi) is 5.91. The van der Waals surface area contributed by atoms with Crippen molar-refractivity contribution in [1.82, 2.24) is 29.3 Å². The molecule has 41 heavy (non-hydrogen) atoms. The first-order chi connectivity index (χ1) is 19.9. The SMILES string of the molecule is C=Cc1cc(F)c(CN2C3CC2CN(c2ccc(-c4cc(-c5cnn(C)c5)cn5ncc(C#N)c45)cn2)C3)c(F)c1. The van der Waals surface area contributed by atoms with E-state index in [1.807, 2.05) is 43.8 Å². The molecule has 2 bridgehead atoms. The summed E-state index contributed by atoms with van der Waals surface area (Å²) < 4.78 is 32.7. The monoisotopic (exact) mass is 548 g/mol. The maximum absolute atomic E-state index is 14.6. The number of rotatable bonds is 6. The number of pyridine rings is 2. The minimum absolute atomic E-state index is 0.109. The van der Waals surface area contributed by atoms with Crippen LogP contribution in [0.3, 0.4) is 0 Å². The molecule has 0 aliphatic carbocycles. The molecule has 5 aromatic rings. The lowest BCUT2D eigenvalue weighted by molar-refractivity contribution is -0.0103. The maximum Gasteiger partial charge on any atom is 0.131 e. The molecule has 7 heterocycles. The topological polar surface area (TPSA) is 78.3 Å². The number of hydrogen-bond acceptors (Lipinski definition) is 6. The van der Waals surface area contributed by atoms with Crippen molar-refractivity contribution in [3.05, 3.63) is 96.2 Å². The van der Waals surface area contributed by atoms with Gasteiger partial charge in [0.05, 0.1) is 23.5 Å². The van der Waals surface area contributed by atoms with Crippen LogP contribution in [0.2, 0.25) is 0 Å².